The fourth-order valence-corrected chi connectivity index (χ4v) is 1.93. The van der Waals surface area contributed by atoms with Gasteiger partial charge in [0.05, 0.1) is 11.6 Å². The molecular formula is C12H15NO3. The van der Waals surface area contributed by atoms with Crippen molar-refractivity contribution in [3.63, 3.8) is 0 Å². The lowest BCUT2D eigenvalue weighted by Gasteiger charge is -2.12. The molecule has 0 saturated heterocycles. The molecule has 0 aromatic carbocycles. The van der Waals surface area contributed by atoms with E-state index in [-0.39, 0.29) is 17.8 Å². The highest BCUT2D eigenvalue weighted by Crippen LogP contribution is 2.25. The number of rotatable bonds is 3. The quantitative estimate of drug-likeness (QED) is 0.681. The molecule has 2 aliphatic rings. The van der Waals surface area contributed by atoms with Gasteiger partial charge in [-0.05, 0) is 12.0 Å². The molecule has 2 atom stereocenters. The molecule has 1 aliphatic carbocycles. The van der Waals surface area contributed by atoms with Gasteiger partial charge in [-0.2, -0.15) is 0 Å². The van der Waals surface area contributed by atoms with Crippen LogP contribution in [0.4, 0.5) is 0 Å². The molecule has 1 heterocycles. The third-order valence-corrected chi connectivity index (χ3v) is 3.11. The van der Waals surface area contributed by atoms with Crippen molar-refractivity contribution in [1.82, 2.24) is 0 Å². The maximum atomic E-state index is 11.1. The molecule has 2 unspecified atom stereocenters. The van der Waals surface area contributed by atoms with Crippen molar-refractivity contribution in [3.05, 3.63) is 11.6 Å². The Bertz CT molecular complexity index is 370. The Morgan fingerprint density at radius 1 is 1.56 bits per heavy atom. The average Bonchev–Trinajstić information content (AvgIpc) is 2.78. The topological polar surface area (TPSA) is 55.7 Å². The van der Waals surface area contributed by atoms with Crippen molar-refractivity contribution in [2.75, 3.05) is 0 Å². The first kappa shape index (κ1) is 11.0. The fourth-order valence-electron chi connectivity index (χ4n) is 1.93. The van der Waals surface area contributed by atoms with Gasteiger partial charge in [-0.1, -0.05) is 18.2 Å². The smallest absolute Gasteiger partial charge is 0.142 e. The van der Waals surface area contributed by atoms with Gasteiger partial charge in [0, 0.05) is 19.3 Å². The van der Waals surface area contributed by atoms with Gasteiger partial charge in [-0.25, -0.2) is 0 Å². The third-order valence-electron chi connectivity index (χ3n) is 3.11. The van der Waals surface area contributed by atoms with Crippen molar-refractivity contribution >= 4 is 17.8 Å². The van der Waals surface area contributed by atoms with Crippen LogP contribution >= 0.6 is 0 Å². The first-order valence-electron chi connectivity index (χ1n) is 5.60. The highest BCUT2D eigenvalue weighted by Gasteiger charge is 2.28. The predicted octanol–water partition coefficient (Wildman–Crippen LogP) is 1.65. The van der Waals surface area contributed by atoms with Gasteiger partial charge in [0.1, 0.15) is 18.2 Å². The molecule has 0 aromatic rings. The zero-order valence-corrected chi connectivity index (χ0v) is 9.31. The Morgan fingerprint density at radius 2 is 2.38 bits per heavy atom. The van der Waals surface area contributed by atoms with Crippen molar-refractivity contribution in [2.45, 2.75) is 38.7 Å². The minimum atomic E-state index is -0.133. The van der Waals surface area contributed by atoms with Gasteiger partial charge in [0.15, 0.2) is 0 Å². The minimum Gasteiger partial charge on any atom is -0.391 e. The Balaban J connectivity index is 1.98. The van der Waals surface area contributed by atoms with E-state index in [2.05, 4.69) is 5.16 Å². The van der Waals surface area contributed by atoms with E-state index in [0.717, 1.165) is 24.0 Å². The molecule has 2 rings (SSSR count). The van der Waals surface area contributed by atoms with E-state index in [1.165, 1.54) is 0 Å². The average molecular weight is 221 g/mol. The number of hydrogen-bond donors (Lipinski definition) is 0. The van der Waals surface area contributed by atoms with Crippen molar-refractivity contribution in [2.24, 2.45) is 11.1 Å². The van der Waals surface area contributed by atoms with Crippen molar-refractivity contribution < 1.29 is 14.4 Å². The maximum absolute atomic E-state index is 11.1. The zero-order chi connectivity index (χ0) is 11.5. The van der Waals surface area contributed by atoms with Crippen LogP contribution in [0.2, 0.25) is 0 Å². The highest BCUT2D eigenvalue weighted by atomic mass is 16.6. The van der Waals surface area contributed by atoms with E-state index in [9.17, 15) is 9.59 Å². The lowest BCUT2D eigenvalue weighted by Crippen LogP contribution is -2.20. The van der Waals surface area contributed by atoms with Crippen LogP contribution in [-0.4, -0.2) is 23.9 Å². The molecule has 0 bridgehead atoms. The molecule has 86 valence electrons. The molecule has 0 fully saturated rings. The van der Waals surface area contributed by atoms with Crippen LogP contribution in [-0.2, 0) is 14.4 Å². The summed E-state index contributed by atoms with van der Waals surface area (Å²) < 4.78 is 0. The molecule has 16 heavy (non-hydrogen) atoms. The standard InChI is InChI=1S/C12H15NO3/c1-8(7-14)12-6-11(13-16-12)9-2-4-10(15)5-3-9/h2,7-8,12H,3-6H2,1H3. The van der Waals surface area contributed by atoms with Crippen LogP contribution in [0, 0.1) is 5.92 Å². The summed E-state index contributed by atoms with van der Waals surface area (Å²) in [6, 6.07) is 0. The maximum Gasteiger partial charge on any atom is 0.142 e. The molecule has 0 amide bonds. The SMILES string of the molecule is CC(C=O)C1CC(C2=CCC(=O)CC2)=NO1. The Labute approximate surface area is 94.3 Å². The second-order valence-corrected chi connectivity index (χ2v) is 4.35. The van der Waals surface area contributed by atoms with E-state index >= 15 is 0 Å². The Hall–Kier alpha value is -1.45. The fraction of sp³-hybridized carbons (Fsp3) is 0.583. The van der Waals surface area contributed by atoms with Crippen LogP contribution in [0.5, 0.6) is 0 Å². The van der Waals surface area contributed by atoms with Crippen molar-refractivity contribution in [3.8, 4) is 0 Å². The zero-order valence-electron chi connectivity index (χ0n) is 9.31. The van der Waals surface area contributed by atoms with E-state index in [4.69, 9.17) is 4.84 Å². The number of carbonyl (C=O) groups is 2. The molecule has 1 aliphatic heterocycles. The molecule has 0 radical (unpaired) electrons. The summed E-state index contributed by atoms with van der Waals surface area (Å²) in [6.07, 6.45) is 5.22. The second-order valence-electron chi connectivity index (χ2n) is 4.35. The van der Waals surface area contributed by atoms with Crippen LogP contribution < -0.4 is 0 Å². The summed E-state index contributed by atoms with van der Waals surface area (Å²) in [7, 11) is 0. The van der Waals surface area contributed by atoms with Gasteiger partial charge < -0.3 is 9.63 Å². The van der Waals surface area contributed by atoms with Gasteiger partial charge in [0.25, 0.3) is 0 Å². The van der Waals surface area contributed by atoms with Crippen LogP contribution in [0.1, 0.15) is 32.6 Å². The number of oxime groups is 1. The van der Waals surface area contributed by atoms with E-state index in [1.54, 1.807) is 0 Å². The molecule has 0 N–H and O–H groups in total. The number of nitrogens with zero attached hydrogens (tertiary/aromatic N) is 1. The van der Waals surface area contributed by atoms with E-state index in [0.29, 0.717) is 19.3 Å². The number of hydrogen-bond acceptors (Lipinski definition) is 4. The first-order chi connectivity index (χ1) is 7.70. The number of Topliss-reactive ketones (excluding diaryl/α,β-unsaturated/α-hetero) is 1. The van der Waals surface area contributed by atoms with Gasteiger partial charge in [-0.3, -0.25) is 4.79 Å². The van der Waals surface area contributed by atoms with Gasteiger partial charge >= 0.3 is 0 Å². The summed E-state index contributed by atoms with van der Waals surface area (Å²) >= 11 is 0. The predicted molar refractivity (Wildman–Crippen MR) is 59.1 cm³/mol. The number of aldehydes is 1. The number of allylic oxidation sites excluding steroid dienone is 2. The lowest BCUT2D eigenvalue weighted by molar-refractivity contribution is -0.118. The molecular weight excluding hydrogens is 206 g/mol. The van der Waals surface area contributed by atoms with Gasteiger partial charge in [-0.15, -0.1) is 0 Å². The minimum absolute atomic E-state index is 0.132. The summed E-state index contributed by atoms with van der Waals surface area (Å²) in [6.45, 7) is 1.83. The summed E-state index contributed by atoms with van der Waals surface area (Å²) in [5.74, 6) is 0.146. The summed E-state index contributed by atoms with van der Waals surface area (Å²) in [5, 5.41) is 4.01. The molecule has 4 heteroatoms. The summed E-state index contributed by atoms with van der Waals surface area (Å²) in [4.78, 5) is 26.9. The summed E-state index contributed by atoms with van der Waals surface area (Å²) in [5.41, 5.74) is 2.02. The Kier molecular flexibility index (Phi) is 3.17. The monoisotopic (exact) mass is 221 g/mol. The molecule has 0 aromatic heterocycles. The highest BCUT2D eigenvalue weighted by molar-refractivity contribution is 6.02. The third kappa shape index (κ3) is 2.21. The van der Waals surface area contributed by atoms with Crippen LogP contribution in [0.25, 0.3) is 0 Å². The molecule has 0 spiro atoms. The van der Waals surface area contributed by atoms with E-state index in [1.807, 2.05) is 13.0 Å². The number of ketones is 1. The molecule has 0 saturated carbocycles. The molecule has 4 nitrogen and oxygen atoms in total. The number of carbonyl (C=O) groups excluding carboxylic acids is 2. The van der Waals surface area contributed by atoms with Gasteiger partial charge in [0.2, 0.25) is 0 Å². The Morgan fingerprint density at radius 3 is 3.00 bits per heavy atom. The largest absolute Gasteiger partial charge is 0.391 e. The normalized spacial score (nSPS) is 26.8. The van der Waals surface area contributed by atoms with Crippen LogP contribution in [0.3, 0.4) is 0 Å². The lowest BCUT2D eigenvalue weighted by atomic mass is 9.91. The van der Waals surface area contributed by atoms with Crippen molar-refractivity contribution in [1.29, 1.82) is 0 Å². The van der Waals surface area contributed by atoms with E-state index < -0.39 is 0 Å². The van der Waals surface area contributed by atoms with Crippen LogP contribution in [0.15, 0.2) is 16.8 Å². The first-order valence-corrected chi connectivity index (χ1v) is 5.60. The second kappa shape index (κ2) is 4.60.